The Balaban J connectivity index is 2.94. The maximum Gasteiger partial charge on any atom is 0.134 e. The summed E-state index contributed by atoms with van der Waals surface area (Å²) in [6.45, 7) is 3.42. The van der Waals surface area contributed by atoms with E-state index in [0.717, 1.165) is 5.56 Å². The zero-order valence-corrected chi connectivity index (χ0v) is 8.07. The summed E-state index contributed by atoms with van der Waals surface area (Å²) in [4.78, 5) is 0. The van der Waals surface area contributed by atoms with E-state index in [1.807, 2.05) is 6.92 Å². The van der Waals surface area contributed by atoms with Gasteiger partial charge in [0.1, 0.15) is 11.6 Å². The summed E-state index contributed by atoms with van der Waals surface area (Å²) in [5.74, 6) is -0.691. The molecule has 0 aliphatic rings. The van der Waals surface area contributed by atoms with Crippen LogP contribution in [0.2, 0.25) is 0 Å². The van der Waals surface area contributed by atoms with Crippen LogP contribution < -0.4 is 0 Å². The van der Waals surface area contributed by atoms with Crippen LogP contribution in [0.25, 0.3) is 10.8 Å². The molecule has 14 heavy (non-hydrogen) atoms. The van der Waals surface area contributed by atoms with Gasteiger partial charge in [0.05, 0.1) is 0 Å². The lowest BCUT2D eigenvalue weighted by molar-refractivity contribution is 0.610. The van der Waals surface area contributed by atoms with Crippen LogP contribution in [0.4, 0.5) is 8.78 Å². The maximum atomic E-state index is 13.5. The molecule has 0 spiro atoms. The first-order valence-corrected chi connectivity index (χ1v) is 4.44. The first-order valence-electron chi connectivity index (χ1n) is 4.44. The third kappa shape index (κ3) is 1.27. The summed E-state index contributed by atoms with van der Waals surface area (Å²) in [6.07, 6.45) is 0. The number of fused-ring (bicyclic) bond motifs is 1. The van der Waals surface area contributed by atoms with Gasteiger partial charge in [0.25, 0.3) is 0 Å². The lowest BCUT2D eigenvalue weighted by Gasteiger charge is -2.05. The van der Waals surface area contributed by atoms with E-state index >= 15 is 0 Å². The minimum absolute atomic E-state index is 0.332. The molecule has 2 heteroatoms. The quantitative estimate of drug-likeness (QED) is 0.596. The van der Waals surface area contributed by atoms with Gasteiger partial charge in [-0.1, -0.05) is 17.7 Å². The molecule has 2 rings (SSSR count). The number of rotatable bonds is 0. The van der Waals surface area contributed by atoms with Crippen molar-refractivity contribution in [2.45, 2.75) is 13.8 Å². The van der Waals surface area contributed by atoms with Crippen LogP contribution in [0.3, 0.4) is 0 Å². The molecule has 2 aromatic carbocycles. The van der Waals surface area contributed by atoms with E-state index in [9.17, 15) is 8.78 Å². The van der Waals surface area contributed by atoms with Gasteiger partial charge < -0.3 is 0 Å². The lowest BCUT2D eigenvalue weighted by atomic mass is 10.0. The molecule has 0 N–H and O–H groups in total. The number of aryl methyl sites for hydroxylation is 2. The first-order chi connectivity index (χ1) is 6.59. The number of benzene rings is 2. The Kier molecular flexibility index (Phi) is 1.99. The molecule has 0 fully saturated rings. The Bertz CT molecular complexity index is 501. The summed E-state index contributed by atoms with van der Waals surface area (Å²) in [6, 6.07) is 6.30. The molecular weight excluding hydrogens is 182 g/mol. The van der Waals surface area contributed by atoms with Crippen LogP contribution >= 0.6 is 0 Å². The minimum atomic E-state index is -0.359. The van der Waals surface area contributed by atoms with Gasteiger partial charge >= 0.3 is 0 Å². The van der Waals surface area contributed by atoms with Crippen molar-refractivity contribution in [2.24, 2.45) is 0 Å². The van der Waals surface area contributed by atoms with E-state index in [1.54, 1.807) is 25.1 Å². The molecule has 0 saturated heterocycles. The Hall–Kier alpha value is -1.44. The second-order valence-electron chi connectivity index (χ2n) is 3.54. The Morgan fingerprint density at radius 1 is 0.929 bits per heavy atom. The third-order valence-corrected chi connectivity index (χ3v) is 2.36. The second-order valence-corrected chi connectivity index (χ2v) is 3.54. The van der Waals surface area contributed by atoms with Gasteiger partial charge in [0.2, 0.25) is 0 Å². The van der Waals surface area contributed by atoms with Crippen molar-refractivity contribution in [2.75, 3.05) is 0 Å². The summed E-state index contributed by atoms with van der Waals surface area (Å²) in [7, 11) is 0. The number of hydrogen-bond acceptors (Lipinski definition) is 0. The molecule has 0 heterocycles. The van der Waals surface area contributed by atoms with Gasteiger partial charge in [-0.15, -0.1) is 0 Å². The van der Waals surface area contributed by atoms with Gasteiger partial charge in [-0.05, 0) is 31.5 Å². The van der Waals surface area contributed by atoms with E-state index < -0.39 is 0 Å². The van der Waals surface area contributed by atoms with E-state index in [4.69, 9.17) is 0 Å². The largest absolute Gasteiger partial charge is 0.206 e. The highest BCUT2D eigenvalue weighted by Gasteiger charge is 2.08. The molecule has 0 aliphatic heterocycles. The van der Waals surface area contributed by atoms with Crippen LogP contribution in [0.1, 0.15) is 11.1 Å². The van der Waals surface area contributed by atoms with Crippen molar-refractivity contribution in [3.8, 4) is 0 Å². The molecule has 0 saturated carbocycles. The molecule has 72 valence electrons. The minimum Gasteiger partial charge on any atom is -0.206 e. The fourth-order valence-electron chi connectivity index (χ4n) is 1.59. The van der Waals surface area contributed by atoms with Gasteiger partial charge in [-0.2, -0.15) is 0 Å². The fraction of sp³-hybridized carbons (Fsp3) is 0.167. The fourth-order valence-corrected chi connectivity index (χ4v) is 1.59. The van der Waals surface area contributed by atoms with E-state index in [-0.39, 0.29) is 11.6 Å². The zero-order valence-electron chi connectivity index (χ0n) is 8.07. The highest BCUT2D eigenvalue weighted by Crippen LogP contribution is 2.24. The van der Waals surface area contributed by atoms with Crippen molar-refractivity contribution >= 4 is 10.8 Å². The van der Waals surface area contributed by atoms with Crippen LogP contribution in [-0.2, 0) is 0 Å². The van der Waals surface area contributed by atoms with Gasteiger partial charge in [0, 0.05) is 10.8 Å². The molecule has 0 radical (unpaired) electrons. The molecule has 0 bridgehead atoms. The summed E-state index contributed by atoms with van der Waals surface area (Å²) in [5, 5.41) is 0.709. The van der Waals surface area contributed by atoms with Gasteiger partial charge in [-0.25, -0.2) is 8.78 Å². The topological polar surface area (TPSA) is 0 Å². The van der Waals surface area contributed by atoms with Gasteiger partial charge in [0.15, 0.2) is 0 Å². The summed E-state index contributed by atoms with van der Waals surface area (Å²) >= 11 is 0. The van der Waals surface area contributed by atoms with Crippen LogP contribution in [0.15, 0.2) is 24.3 Å². The van der Waals surface area contributed by atoms with Crippen molar-refractivity contribution in [1.29, 1.82) is 0 Å². The van der Waals surface area contributed by atoms with E-state index in [0.29, 0.717) is 16.3 Å². The molecule has 2 aromatic rings. The SMILES string of the molecule is Cc1ccc2c(F)c(C)cc(F)c2c1. The molecule has 0 aliphatic carbocycles. The normalized spacial score (nSPS) is 10.9. The lowest BCUT2D eigenvalue weighted by Crippen LogP contribution is -1.89. The molecule has 0 unspecified atom stereocenters. The van der Waals surface area contributed by atoms with Crippen molar-refractivity contribution in [3.05, 3.63) is 47.0 Å². The molecule has 0 amide bonds. The molecule has 0 aromatic heterocycles. The average molecular weight is 192 g/mol. The van der Waals surface area contributed by atoms with E-state index in [2.05, 4.69) is 0 Å². The standard InChI is InChI=1S/C12H10F2/c1-7-3-4-9-10(5-7)11(13)6-8(2)12(9)14/h3-6H,1-2H3. The summed E-state index contributed by atoms with van der Waals surface area (Å²) < 4.78 is 27.0. The predicted octanol–water partition coefficient (Wildman–Crippen LogP) is 3.73. The van der Waals surface area contributed by atoms with Crippen LogP contribution in [-0.4, -0.2) is 0 Å². The maximum absolute atomic E-state index is 13.5. The van der Waals surface area contributed by atoms with Crippen molar-refractivity contribution in [3.63, 3.8) is 0 Å². The third-order valence-electron chi connectivity index (χ3n) is 2.36. The number of halogens is 2. The van der Waals surface area contributed by atoms with Gasteiger partial charge in [-0.3, -0.25) is 0 Å². The molecule has 0 nitrogen and oxygen atoms in total. The Labute approximate surface area is 81.2 Å². The van der Waals surface area contributed by atoms with Crippen molar-refractivity contribution in [1.82, 2.24) is 0 Å². The molecule has 0 atom stereocenters. The first kappa shape index (κ1) is 9.13. The number of hydrogen-bond donors (Lipinski definition) is 0. The highest BCUT2D eigenvalue weighted by molar-refractivity contribution is 5.85. The predicted molar refractivity (Wildman–Crippen MR) is 53.3 cm³/mol. The smallest absolute Gasteiger partial charge is 0.134 e. The van der Waals surface area contributed by atoms with Crippen LogP contribution in [0, 0.1) is 25.5 Å². The monoisotopic (exact) mass is 192 g/mol. The summed E-state index contributed by atoms with van der Waals surface area (Å²) in [5.41, 5.74) is 1.28. The highest BCUT2D eigenvalue weighted by atomic mass is 19.1. The zero-order chi connectivity index (χ0) is 10.3. The Morgan fingerprint density at radius 3 is 2.36 bits per heavy atom. The van der Waals surface area contributed by atoms with Crippen molar-refractivity contribution < 1.29 is 8.78 Å². The van der Waals surface area contributed by atoms with E-state index in [1.165, 1.54) is 6.07 Å². The molecular formula is C12H10F2. The average Bonchev–Trinajstić information content (AvgIpc) is 2.14. The van der Waals surface area contributed by atoms with Crippen LogP contribution in [0.5, 0.6) is 0 Å². The second kappa shape index (κ2) is 3.05. The Morgan fingerprint density at radius 2 is 1.64 bits per heavy atom.